The van der Waals surface area contributed by atoms with Crippen LogP contribution in [0.25, 0.3) is 5.76 Å². The molecular formula is C28H27FN2O4. The molecule has 0 aliphatic carbocycles. The zero-order chi connectivity index (χ0) is 24.9. The van der Waals surface area contributed by atoms with Gasteiger partial charge in [-0.15, -0.1) is 0 Å². The number of carbonyl (C=O) groups excluding carboxylic acids is 2. The third-order valence-corrected chi connectivity index (χ3v) is 6.02. The number of rotatable bonds is 8. The number of amides is 1. The van der Waals surface area contributed by atoms with Crippen LogP contribution >= 0.6 is 0 Å². The van der Waals surface area contributed by atoms with E-state index in [1.165, 1.54) is 23.1 Å². The first-order valence-corrected chi connectivity index (χ1v) is 11.6. The van der Waals surface area contributed by atoms with Crippen molar-refractivity contribution in [2.75, 3.05) is 6.61 Å². The molecule has 1 saturated heterocycles. The van der Waals surface area contributed by atoms with Crippen molar-refractivity contribution in [1.82, 2.24) is 9.88 Å². The van der Waals surface area contributed by atoms with Crippen LogP contribution in [0, 0.1) is 12.7 Å². The summed E-state index contributed by atoms with van der Waals surface area (Å²) in [7, 11) is 0. The predicted octanol–water partition coefficient (Wildman–Crippen LogP) is 5.33. The molecular weight excluding hydrogens is 447 g/mol. The smallest absolute Gasteiger partial charge is 0.295 e. The zero-order valence-corrected chi connectivity index (χ0v) is 19.7. The number of pyridine rings is 1. The van der Waals surface area contributed by atoms with Crippen LogP contribution < -0.4 is 4.74 Å². The molecule has 1 amide bonds. The number of Topliss-reactive ketones (excluding diaryl/α,β-unsaturated/α-hetero) is 1. The Balaban J connectivity index is 1.78. The molecule has 7 heteroatoms. The maximum Gasteiger partial charge on any atom is 0.295 e. The average Bonchev–Trinajstić information content (AvgIpc) is 3.11. The van der Waals surface area contributed by atoms with Crippen LogP contribution in [0.3, 0.4) is 0 Å². The highest BCUT2D eigenvalue weighted by Crippen LogP contribution is 2.40. The minimum atomic E-state index is -0.857. The number of halogens is 1. The highest BCUT2D eigenvalue weighted by atomic mass is 19.1. The van der Waals surface area contributed by atoms with E-state index in [0.29, 0.717) is 23.5 Å². The van der Waals surface area contributed by atoms with Gasteiger partial charge in [-0.2, -0.15) is 0 Å². The number of aliphatic hydroxyl groups is 1. The number of hydrogen-bond acceptors (Lipinski definition) is 5. The summed E-state index contributed by atoms with van der Waals surface area (Å²) in [6.45, 7) is 4.40. The first-order valence-electron chi connectivity index (χ1n) is 11.6. The van der Waals surface area contributed by atoms with Crippen molar-refractivity contribution in [3.05, 3.63) is 101 Å². The van der Waals surface area contributed by atoms with Crippen LogP contribution in [0.4, 0.5) is 4.39 Å². The Morgan fingerprint density at radius 2 is 1.91 bits per heavy atom. The van der Waals surface area contributed by atoms with Crippen LogP contribution in [-0.2, 0) is 16.1 Å². The van der Waals surface area contributed by atoms with Crippen LogP contribution in [0.1, 0.15) is 48.1 Å². The van der Waals surface area contributed by atoms with Gasteiger partial charge in [-0.1, -0.05) is 43.7 Å². The molecule has 2 heterocycles. The average molecular weight is 475 g/mol. The van der Waals surface area contributed by atoms with E-state index < -0.39 is 29.3 Å². The van der Waals surface area contributed by atoms with E-state index in [4.69, 9.17) is 4.74 Å². The van der Waals surface area contributed by atoms with Gasteiger partial charge in [-0.25, -0.2) is 4.39 Å². The topological polar surface area (TPSA) is 79.7 Å². The van der Waals surface area contributed by atoms with Gasteiger partial charge >= 0.3 is 0 Å². The number of ether oxygens (including phenoxy) is 1. The molecule has 180 valence electrons. The molecule has 0 bridgehead atoms. The molecule has 4 rings (SSSR count). The van der Waals surface area contributed by atoms with Gasteiger partial charge in [-0.3, -0.25) is 14.6 Å². The van der Waals surface area contributed by atoms with Gasteiger partial charge in [0, 0.05) is 24.5 Å². The fourth-order valence-electron chi connectivity index (χ4n) is 4.05. The molecule has 1 N–H and O–H groups in total. The molecule has 1 fully saturated rings. The van der Waals surface area contributed by atoms with Crippen molar-refractivity contribution in [1.29, 1.82) is 0 Å². The van der Waals surface area contributed by atoms with E-state index in [0.717, 1.165) is 18.4 Å². The largest absolute Gasteiger partial charge is 0.507 e. The Morgan fingerprint density at radius 1 is 1.14 bits per heavy atom. The molecule has 1 aromatic heterocycles. The third-order valence-electron chi connectivity index (χ3n) is 6.02. The molecule has 0 radical (unpaired) electrons. The van der Waals surface area contributed by atoms with Gasteiger partial charge in [0.25, 0.3) is 11.7 Å². The summed E-state index contributed by atoms with van der Waals surface area (Å²) in [5.41, 5.74) is 1.83. The highest BCUT2D eigenvalue weighted by Gasteiger charge is 2.46. The Labute approximate surface area is 203 Å². The number of aliphatic hydroxyl groups excluding tert-OH is 1. The Bertz CT molecular complexity index is 1260. The number of benzene rings is 2. The summed E-state index contributed by atoms with van der Waals surface area (Å²) < 4.78 is 20.0. The number of hydrogen-bond donors (Lipinski definition) is 1. The molecule has 1 atom stereocenters. The second-order valence-electron chi connectivity index (χ2n) is 8.52. The molecule has 1 aliphatic rings. The first-order chi connectivity index (χ1) is 16.9. The molecule has 1 aliphatic heterocycles. The fourth-order valence-corrected chi connectivity index (χ4v) is 4.05. The summed E-state index contributed by atoms with van der Waals surface area (Å²) >= 11 is 0. The van der Waals surface area contributed by atoms with E-state index >= 15 is 0 Å². The third kappa shape index (κ3) is 5.09. The number of nitrogens with zero attached hydrogens (tertiary/aromatic N) is 2. The molecule has 0 spiro atoms. The molecule has 1 unspecified atom stereocenters. The summed E-state index contributed by atoms with van der Waals surface area (Å²) in [6, 6.07) is 14.0. The van der Waals surface area contributed by atoms with Gasteiger partial charge in [0.15, 0.2) is 0 Å². The normalized spacial score (nSPS) is 17.1. The van der Waals surface area contributed by atoms with Crippen molar-refractivity contribution in [2.24, 2.45) is 0 Å². The maximum atomic E-state index is 14.2. The molecule has 2 aromatic carbocycles. The predicted molar refractivity (Wildman–Crippen MR) is 130 cm³/mol. The summed E-state index contributed by atoms with van der Waals surface area (Å²) in [6.07, 6.45) is 5.19. The standard InChI is InChI=1S/C28H27FN2O4/c1-3-4-14-35-22-11-9-20(10-12-22)25-24(26(32)21-8-7-18(2)23(29)15-21)27(33)28(34)31(25)17-19-6-5-13-30-16-19/h5-13,15-16,25,32H,3-4,14,17H2,1-2H3. The quantitative estimate of drug-likeness (QED) is 0.207. The molecule has 6 nitrogen and oxygen atoms in total. The van der Waals surface area contributed by atoms with E-state index in [1.807, 2.05) is 6.07 Å². The lowest BCUT2D eigenvalue weighted by Crippen LogP contribution is -2.29. The van der Waals surface area contributed by atoms with Crippen molar-refractivity contribution in [2.45, 2.75) is 39.3 Å². The van der Waals surface area contributed by atoms with Crippen molar-refractivity contribution < 1.29 is 23.8 Å². The number of likely N-dealkylation sites (tertiary alicyclic amines) is 1. The molecule has 0 saturated carbocycles. The van der Waals surface area contributed by atoms with Crippen LogP contribution in [0.15, 0.2) is 72.6 Å². The van der Waals surface area contributed by atoms with Gasteiger partial charge in [0.2, 0.25) is 0 Å². The SMILES string of the molecule is CCCCOc1ccc(C2C(=C(O)c3ccc(C)c(F)c3)C(=O)C(=O)N2Cc2cccnc2)cc1. The van der Waals surface area contributed by atoms with E-state index in [1.54, 1.807) is 49.6 Å². The van der Waals surface area contributed by atoms with Gasteiger partial charge < -0.3 is 14.7 Å². The highest BCUT2D eigenvalue weighted by molar-refractivity contribution is 6.46. The van der Waals surface area contributed by atoms with Crippen LogP contribution in [0.5, 0.6) is 5.75 Å². The summed E-state index contributed by atoms with van der Waals surface area (Å²) in [5.74, 6) is -1.81. The van der Waals surface area contributed by atoms with E-state index in [2.05, 4.69) is 11.9 Å². The summed E-state index contributed by atoms with van der Waals surface area (Å²) in [4.78, 5) is 31.8. The Hall–Kier alpha value is -4.00. The first kappa shape index (κ1) is 24.1. The van der Waals surface area contributed by atoms with Crippen molar-refractivity contribution in [3.8, 4) is 5.75 Å². The molecule has 35 heavy (non-hydrogen) atoms. The van der Waals surface area contributed by atoms with Gasteiger partial charge in [0.1, 0.15) is 17.3 Å². The van der Waals surface area contributed by atoms with Crippen LogP contribution in [0.2, 0.25) is 0 Å². The lowest BCUT2D eigenvalue weighted by atomic mass is 9.94. The lowest BCUT2D eigenvalue weighted by Gasteiger charge is -2.25. The van der Waals surface area contributed by atoms with E-state index in [-0.39, 0.29) is 17.7 Å². The number of aromatic nitrogens is 1. The number of unbranched alkanes of at least 4 members (excludes halogenated alkanes) is 1. The summed E-state index contributed by atoms with van der Waals surface area (Å²) in [5, 5.41) is 11.1. The van der Waals surface area contributed by atoms with Gasteiger partial charge in [-0.05, 0) is 54.3 Å². The van der Waals surface area contributed by atoms with Crippen LogP contribution in [-0.4, -0.2) is 33.3 Å². The number of carbonyl (C=O) groups is 2. The van der Waals surface area contributed by atoms with Crippen molar-refractivity contribution in [3.63, 3.8) is 0 Å². The second-order valence-corrected chi connectivity index (χ2v) is 8.52. The molecule has 3 aromatic rings. The van der Waals surface area contributed by atoms with Crippen molar-refractivity contribution >= 4 is 17.4 Å². The fraction of sp³-hybridized carbons (Fsp3) is 0.250. The maximum absolute atomic E-state index is 14.2. The van der Waals surface area contributed by atoms with Gasteiger partial charge in [0.05, 0.1) is 18.2 Å². The Kier molecular flexibility index (Phi) is 7.25. The minimum Gasteiger partial charge on any atom is -0.507 e. The minimum absolute atomic E-state index is 0.0817. The Morgan fingerprint density at radius 3 is 2.57 bits per heavy atom. The number of aryl methyl sites for hydroxylation is 1. The second kappa shape index (κ2) is 10.5. The van der Waals surface area contributed by atoms with E-state index in [9.17, 15) is 19.1 Å². The lowest BCUT2D eigenvalue weighted by molar-refractivity contribution is -0.140. The zero-order valence-electron chi connectivity index (χ0n) is 19.7. The monoisotopic (exact) mass is 474 g/mol. The number of ketones is 1.